The third kappa shape index (κ3) is 48.6. The molecule has 48 nitrogen and oxygen atoms in total. The molecule has 1 aliphatic heterocycles. The number of carbonyl (C=O) groups is 15. The number of hydrogen-bond donors (Lipinski definition) is 31. The lowest BCUT2D eigenvalue weighted by atomic mass is 9.96. The fourth-order valence-electron chi connectivity index (χ4n) is 14.1. The number of aromatic hydroxyl groups is 1. The van der Waals surface area contributed by atoms with Crippen molar-refractivity contribution in [2.45, 2.75) is 263 Å². The van der Waals surface area contributed by atoms with Crippen LogP contribution in [0.3, 0.4) is 0 Å². The molecule has 2 aromatic carbocycles. The normalized spacial score (nSPS) is 14.6. The SMILES string of the molecule is CC[C@H](C)[C@H](NC(=O)[C@H](CCCNC(=N)N)NC(=O)[C@H](CCCNC(=N)N)NC(=O)[C@H](CC(C)C)NC(=O)[C@H](Cc1ccccc1)NC(=O)CNC(=O)CNC(=O)[C@H](Cc1ccc(O)cc1)NC(=O)OC(C)(C)C)C(=O)N[C@@H](CCCNC(=N)N)C(=O)N1CCC[C@H]1C(=O)N[C@@H](CCCNC(=N)N)C(=O)N[C@@H](CC(C)C)C(=O)N[C@@H](CCCNC(=N)N)C(=O)NCC(=O)NCCCCCN. The van der Waals surface area contributed by atoms with Gasteiger partial charge in [0.25, 0.3) is 0 Å². The summed E-state index contributed by atoms with van der Waals surface area (Å²) in [7, 11) is 0. The number of nitrogens with one attached hydrogen (secondary N) is 24. The van der Waals surface area contributed by atoms with E-state index in [2.05, 4.69) is 101 Å². The number of likely N-dealkylation sites (tertiary alicyclic amines) is 1. The summed E-state index contributed by atoms with van der Waals surface area (Å²) < 4.78 is 5.35. The number of unbranched alkanes of at least 4 members (excludes halogenated alkanes) is 2. The number of benzene rings is 2. The van der Waals surface area contributed by atoms with Crippen molar-refractivity contribution in [3.8, 4) is 5.75 Å². The number of phenolic OH excluding ortho intramolecular Hbond substituents is 1. The van der Waals surface area contributed by atoms with Gasteiger partial charge in [0.15, 0.2) is 29.8 Å². The van der Waals surface area contributed by atoms with E-state index in [0.29, 0.717) is 30.6 Å². The first-order valence-corrected chi connectivity index (χ1v) is 45.8. The zero-order chi connectivity index (χ0) is 101. The minimum absolute atomic E-state index is 0.00192. The summed E-state index contributed by atoms with van der Waals surface area (Å²) >= 11 is 0. The summed E-state index contributed by atoms with van der Waals surface area (Å²) in [5, 5.41) is 99.0. The van der Waals surface area contributed by atoms with Gasteiger partial charge in [-0.2, -0.15) is 0 Å². The van der Waals surface area contributed by atoms with Crippen molar-refractivity contribution in [2.24, 2.45) is 52.2 Å². The van der Waals surface area contributed by atoms with E-state index in [1.165, 1.54) is 29.2 Å². The van der Waals surface area contributed by atoms with Crippen molar-refractivity contribution in [1.29, 1.82) is 27.0 Å². The number of ether oxygens (including phenoxy) is 1. The molecule has 0 radical (unpaired) electrons. The molecule has 3 rings (SSSR count). The van der Waals surface area contributed by atoms with E-state index in [1.54, 1.807) is 92.6 Å². The van der Waals surface area contributed by atoms with Crippen molar-refractivity contribution in [3.05, 3.63) is 65.7 Å². The second-order valence-corrected chi connectivity index (χ2v) is 35.0. The van der Waals surface area contributed by atoms with Crippen LogP contribution in [-0.2, 0) is 84.7 Å². The van der Waals surface area contributed by atoms with Gasteiger partial charge in [-0.15, -0.1) is 0 Å². The molecule has 0 aromatic heterocycles. The number of carbonyl (C=O) groups excluding carboxylic acids is 15. The largest absolute Gasteiger partial charge is 0.508 e. The minimum atomic E-state index is -1.54. The molecule has 1 fully saturated rings. The van der Waals surface area contributed by atoms with Gasteiger partial charge in [0.2, 0.25) is 82.7 Å². The van der Waals surface area contributed by atoms with Crippen LogP contribution in [0.25, 0.3) is 0 Å². The first kappa shape index (κ1) is 116. The van der Waals surface area contributed by atoms with Gasteiger partial charge in [-0.25, -0.2) is 4.79 Å². The van der Waals surface area contributed by atoms with Gasteiger partial charge in [0, 0.05) is 58.7 Å². The van der Waals surface area contributed by atoms with Gasteiger partial charge < -0.3 is 150 Å². The molecule has 1 aliphatic rings. The van der Waals surface area contributed by atoms with Crippen molar-refractivity contribution < 1.29 is 81.8 Å². The summed E-state index contributed by atoms with van der Waals surface area (Å²) in [6, 6.07) is -1.03. The van der Waals surface area contributed by atoms with E-state index in [-0.39, 0.29) is 178 Å². The number of alkyl carbamates (subject to hydrolysis) is 1. The lowest BCUT2D eigenvalue weighted by molar-refractivity contribution is -0.143. The molecular formula is C87H149N31O17. The van der Waals surface area contributed by atoms with Crippen LogP contribution in [0.1, 0.15) is 189 Å². The zero-order valence-electron chi connectivity index (χ0n) is 79.1. The van der Waals surface area contributed by atoms with Crippen LogP contribution in [0.5, 0.6) is 5.75 Å². The van der Waals surface area contributed by atoms with Gasteiger partial charge in [-0.3, -0.25) is 94.2 Å². The minimum Gasteiger partial charge on any atom is -0.508 e. The number of hydrogen-bond acceptors (Lipinski definition) is 23. The highest BCUT2D eigenvalue weighted by Crippen LogP contribution is 2.23. The van der Waals surface area contributed by atoms with Crippen LogP contribution in [0.2, 0.25) is 0 Å². The molecule has 0 unspecified atom stereocenters. The van der Waals surface area contributed by atoms with Gasteiger partial charge >= 0.3 is 6.09 Å². The molecule has 0 bridgehead atoms. The Labute approximate surface area is 788 Å². The first-order valence-electron chi connectivity index (χ1n) is 45.8. The second kappa shape index (κ2) is 62.0. The van der Waals surface area contributed by atoms with Gasteiger partial charge in [-0.1, -0.05) is 96.8 Å². The van der Waals surface area contributed by atoms with Gasteiger partial charge in [0.05, 0.1) is 19.6 Å². The van der Waals surface area contributed by atoms with Crippen LogP contribution >= 0.6 is 0 Å². The molecule has 48 heteroatoms. The molecule has 37 N–H and O–H groups in total. The molecule has 0 saturated carbocycles. The predicted octanol–water partition coefficient (Wildman–Crippen LogP) is -4.53. The van der Waals surface area contributed by atoms with Crippen molar-refractivity contribution in [3.63, 3.8) is 0 Å². The van der Waals surface area contributed by atoms with Crippen molar-refractivity contribution >= 4 is 119 Å². The molecule has 12 atom stereocenters. The third-order valence-electron chi connectivity index (χ3n) is 21.2. The summed E-state index contributed by atoms with van der Waals surface area (Å²) in [5.74, 6) is -14.7. The average Bonchev–Trinajstić information content (AvgIpc) is 1.71. The summed E-state index contributed by atoms with van der Waals surface area (Å²) in [4.78, 5) is 215. The summed E-state index contributed by atoms with van der Waals surface area (Å²) in [5.41, 5.74) is 33.7. The maximum absolute atomic E-state index is 15.3. The molecule has 0 spiro atoms. The van der Waals surface area contributed by atoms with E-state index >= 15 is 19.2 Å². The fraction of sp³-hybridized carbons (Fsp3) is 0.632. The van der Waals surface area contributed by atoms with Crippen LogP contribution in [0.4, 0.5) is 4.79 Å². The number of nitrogens with two attached hydrogens (primary N) is 6. The Kier molecular flexibility index (Phi) is 53.1. The Balaban J connectivity index is 2.00. The lowest BCUT2D eigenvalue weighted by Crippen LogP contribution is -2.61. The van der Waals surface area contributed by atoms with Crippen molar-refractivity contribution in [2.75, 3.05) is 72.0 Å². The predicted molar refractivity (Wildman–Crippen MR) is 506 cm³/mol. The van der Waals surface area contributed by atoms with E-state index in [0.717, 1.165) is 12.8 Å². The topological polar surface area (TPSA) is 793 Å². The van der Waals surface area contributed by atoms with E-state index < -0.39 is 204 Å². The van der Waals surface area contributed by atoms with Crippen LogP contribution < -0.4 is 135 Å². The van der Waals surface area contributed by atoms with Crippen LogP contribution in [-0.4, -0.2) is 273 Å². The highest BCUT2D eigenvalue weighted by atomic mass is 16.6. The molecule has 1 saturated heterocycles. The Hall–Kier alpha value is -13.6. The number of amides is 15. The maximum atomic E-state index is 15.3. The zero-order valence-corrected chi connectivity index (χ0v) is 79.1. The molecule has 15 amide bonds. The van der Waals surface area contributed by atoms with E-state index in [4.69, 9.17) is 66.2 Å². The molecule has 0 aliphatic carbocycles. The number of rotatable bonds is 62. The van der Waals surface area contributed by atoms with Gasteiger partial charge in [-0.05, 0) is 171 Å². The lowest BCUT2D eigenvalue weighted by Gasteiger charge is -2.32. The molecule has 1 heterocycles. The molecular weight excluding hydrogens is 1750 g/mol. The van der Waals surface area contributed by atoms with E-state index in [9.17, 15) is 57.8 Å². The Morgan fingerprint density at radius 1 is 0.407 bits per heavy atom. The Morgan fingerprint density at radius 3 is 1.21 bits per heavy atom. The smallest absolute Gasteiger partial charge is 0.408 e. The van der Waals surface area contributed by atoms with Crippen LogP contribution in [0, 0.1) is 44.8 Å². The summed E-state index contributed by atoms with van der Waals surface area (Å²) in [6.45, 7) is 14.6. The van der Waals surface area contributed by atoms with Crippen LogP contribution in [0.15, 0.2) is 54.6 Å². The standard InChI is InChI=1S/C87H149N31O17/c1-10-52(6)69(79(132)113-60(29-21-41-104-85(97)98)80(133)118-42-22-30-65(118)78(131)112-58(27-19-39-102-83(93)94)73(126)114-61(43-50(2)3)75(128)109-56(25-17-37-100-81(89)90)70(123)106-47-66(120)99-36-16-12-15-35-88)117-74(127)59(28-20-40-103-84(95)96)110-72(125)57(26-18-38-101-82(91)92)111-76(129)62(44-51(4)5)115-77(130)64(45-53-23-13-11-14-24-53)108-68(122)49-105-67(121)48-107-71(124)63(116-86(134)135-87(7,8)9)46-54-31-33-55(119)34-32-54/h11,13-14,23-24,31-34,50-52,56-65,69,119H,10,12,15-22,25-30,35-49,88H2,1-9H3,(H,99,120)(H,105,121)(H,106,123)(H,107,124)(H,108,122)(H,109,128)(H,110,125)(H,111,129)(H,112,131)(H,113,132)(H,114,126)(H,115,130)(H,116,134)(H,117,127)(H4,89,90,100)(H4,91,92,101)(H4,93,94,102)(H4,95,96,103)(H4,97,98,104)/t52-,56-,57-,58-,59-,60-,61-,62-,63-,64-,65-,69-/m0/s1. The molecule has 135 heavy (non-hydrogen) atoms. The van der Waals surface area contributed by atoms with Gasteiger partial charge in [0.1, 0.15) is 77.8 Å². The highest BCUT2D eigenvalue weighted by Gasteiger charge is 2.42. The second-order valence-electron chi connectivity index (χ2n) is 35.0. The molecule has 754 valence electrons. The Morgan fingerprint density at radius 2 is 0.778 bits per heavy atom. The van der Waals surface area contributed by atoms with E-state index in [1.807, 2.05) is 0 Å². The quantitative estimate of drug-likeness (QED) is 0.0169. The number of nitrogens with zero attached hydrogens (tertiary/aromatic N) is 1. The van der Waals surface area contributed by atoms with Crippen molar-refractivity contribution in [1.82, 2.24) is 106 Å². The number of phenols is 1. The third-order valence-corrected chi connectivity index (χ3v) is 21.2. The molecule has 2 aromatic rings. The number of guanidine groups is 5. The summed E-state index contributed by atoms with van der Waals surface area (Å²) in [6.07, 6.45) is 1.48. The highest BCUT2D eigenvalue weighted by molar-refractivity contribution is 6.00. The first-order chi connectivity index (χ1) is 63.8. The monoisotopic (exact) mass is 1900 g/mol. The Bertz CT molecular complexity index is 4240. The fourth-order valence-corrected chi connectivity index (χ4v) is 14.1. The average molecular weight is 1900 g/mol. The maximum Gasteiger partial charge on any atom is 0.408 e.